The molecule has 2 rings (SSSR count). The van der Waals surface area contributed by atoms with Gasteiger partial charge >= 0.3 is 0 Å². The number of aliphatic hydroxyl groups excluding tert-OH is 1. The van der Waals surface area contributed by atoms with Crippen molar-refractivity contribution in [3.05, 3.63) is 35.9 Å². The molecule has 0 spiro atoms. The lowest BCUT2D eigenvalue weighted by Crippen LogP contribution is -2.44. The number of nitrogens with one attached hydrogen (secondary N) is 1. The van der Waals surface area contributed by atoms with Crippen LogP contribution < -0.4 is 5.32 Å². The molecule has 1 aliphatic heterocycles. The number of carbonyl (C=O) groups excluding carboxylic acids is 1. The molecule has 0 aromatic heterocycles. The maximum absolute atomic E-state index is 11.0. The standard InChI is InChI=1S/C19H31N3O2/c1-16(23)20-12-17-8-10-22(11-9-17)15-19(24)14-21(2)13-18-6-4-3-5-7-18/h3-7,17,19,24H,8-15H2,1-2H3,(H,20,23). The number of β-amino-alcohol motifs (C(OH)–C–C–N with tert-alkyl or cyclic N) is 1. The van der Waals surface area contributed by atoms with E-state index in [0.29, 0.717) is 12.5 Å². The van der Waals surface area contributed by atoms with E-state index in [0.717, 1.165) is 45.6 Å². The second-order valence-corrected chi connectivity index (χ2v) is 7.02. The predicted octanol–water partition coefficient (Wildman–Crippen LogP) is 1.33. The smallest absolute Gasteiger partial charge is 0.216 e. The van der Waals surface area contributed by atoms with E-state index in [1.54, 1.807) is 6.92 Å². The number of carbonyl (C=O) groups is 1. The fourth-order valence-electron chi connectivity index (χ4n) is 3.34. The van der Waals surface area contributed by atoms with Gasteiger partial charge in [0.15, 0.2) is 0 Å². The maximum Gasteiger partial charge on any atom is 0.216 e. The first-order chi connectivity index (χ1) is 11.5. The van der Waals surface area contributed by atoms with E-state index in [2.05, 4.69) is 34.3 Å². The molecular weight excluding hydrogens is 302 g/mol. The normalized spacial score (nSPS) is 17.8. The Labute approximate surface area is 145 Å². The van der Waals surface area contributed by atoms with Crippen LogP contribution in [0.15, 0.2) is 30.3 Å². The van der Waals surface area contributed by atoms with Crippen molar-refractivity contribution in [3.63, 3.8) is 0 Å². The molecule has 24 heavy (non-hydrogen) atoms. The lowest BCUT2D eigenvalue weighted by molar-refractivity contribution is -0.119. The topological polar surface area (TPSA) is 55.8 Å². The minimum Gasteiger partial charge on any atom is -0.390 e. The molecule has 1 aromatic rings. The summed E-state index contributed by atoms with van der Waals surface area (Å²) in [5.41, 5.74) is 1.27. The molecular formula is C19H31N3O2. The molecule has 1 aliphatic rings. The van der Waals surface area contributed by atoms with E-state index in [4.69, 9.17) is 0 Å². The van der Waals surface area contributed by atoms with Crippen LogP contribution in [0.2, 0.25) is 0 Å². The number of nitrogens with zero attached hydrogens (tertiary/aromatic N) is 2. The zero-order valence-electron chi connectivity index (χ0n) is 14.9. The number of likely N-dealkylation sites (tertiary alicyclic amines) is 1. The predicted molar refractivity (Wildman–Crippen MR) is 96.6 cm³/mol. The number of rotatable bonds is 8. The SMILES string of the molecule is CC(=O)NCC1CCN(CC(O)CN(C)Cc2ccccc2)CC1. The molecule has 1 aromatic carbocycles. The molecule has 134 valence electrons. The van der Waals surface area contributed by atoms with Crippen LogP contribution in [0.3, 0.4) is 0 Å². The van der Waals surface area contributed by atoms with Gasteiger partial charge in [0, 0.05) is 33.1 Å². The van der Waals surface area contributed by atoms with Crippen molar-refractivity contribution >= 4 is 5.91 Å². The third-order valence-corrected chi connectivity index (χ3v) is 4.63. The molecule has 0 aliphatic carbocycles. The van der Waals surface area contributed by atoms with Gasteiger partial charge in [-0.05, 0) is 44.5 Å². The minimum absolute atomic E-state index is 0.0503. The molecule has 1 heterocycles. The summed E-state index contributed by atoms with van der Waals surface area (Å²) in [4.78, 5) is 15.5. The summed E-state index contributed by atoms with van der Waals surface area (Å²) in [7, 11) is 2.05. The fraction of sp³-hybridized carbons (Fsp3) is 0.632. The van der Waals surface area contributed by atoms with Crippen LogP contribution >= 0.6 is 0 Å². The van der Waals surface area contributed by atoms with Gasteiger partial charge in [-0.1, -0.05) is 30.3 Å². The molecule has 1 amide bonds. The molecule has 1 atom stereocenters. The highest BCUT2D eigenvalue weighted by Crippen LogP contribution is 2.16. The summed E-state index contributed by atoms with van der Waals surface area (Å²) in [6.07, 6.45) is 1.85. The van der Waals surface area contributed by atoms with Crippen molar-refractivity contribution in [2.75, 3.05) is 39.8 Å². The summed E-state index contributed by atoms with van der Waals surface area (Å²) in [6.45, 7) is 6.62. The molecule has 0 radical (unpaired) electrons. The Bertz CT molecular complexity index is 487. The summed E-state index contributed by atoms with van der Waals surface area (Å²) in [5, 5.41) is 13.3. The first kappa shape index (κ1) is 18.9. The Hall–Kier alpha value is -1.43. The Morgan fingerprint density at radius 2 is 2.00 bits per heavy atom. The minimum atomic E-state index is -0.328. The lowest BCUT2D eigenvalue weighted by Gasteiger charge is -2.34. The Morgan fingerprint density at radius 3 is 2.62 bits per heavy atom. The molecule has 2 N–H and O–H groups in total. The summed E-state index contributed by atoms with van der Waals surface area (Å²) < 4.78 is 0. The average Bonchev–Trinajstić information content (AvgIpc) is 2.54. The van der Waals surface area contributed by atoms with E-state index in [-0.39, 0.29) is 12.0 Å². The van der Waals surface area contributed by atoms with Crippen molar-refractivity contribution < 1.29 is 9.90 Å². The second kappa shape index (κ2) is 9.77. The highest BCUT2D eigenvalue weighted by Gasteiger charge is 2.21. The van der Waals surface area contributed by atoms with Crippen LogP contribution in [0.4, 0.5) is 0 Å². The van der Waals surface area contributed by atoms with Crippen LogP contribution in [-0.4, -0.2) is 66.7 Å². The van der Waals surface area contributed by atoms with Gasteiger partial charge < -0.3 is 15.3 Å². The number of amides is 1. The van der Waals surface area contributed by atoms with Crippen molar-refractivity contribution in [2.24, 2.45) is 5.92 Å². The van der Waals surface area contributed by atoms with E-state index in [1.807, 2.05) is 18.2 Å². The van der Waals surface area contributed by atoms with Gasteiger partial charge in [-0.2, -0.15) is 0 Å². The lowest BCUT2D eigenvalue weighted by atomic mass is 9.96. The number of hydrogen-bond donors (Lipinski definition) is 2. The highest BCUT2D eigenvalue weighted by molar-refractivity contribution is 5.72. The second-order valence-electron chi connectivity index (χ2n) is 7.02. The highest BCUT2D eigenvalue weighted by atomic mass is 16.3. The van der Waals surface area contributed by atoms with Crippen molar-refractivity contribution in [2.45, 2.75) is 32.4 Å². The van der Waals surface area contributed by atoms with Crippen LogP contribution in [0, 0.1) is 5.92 Å². The largest absolute Gasteiger partial charge is 0.390 e. The fourth-order valence-corrected chi connectivity index (χ4v) is 3.34. The Balaban J connectivity index is 1.64. The molecule has 1 saturated heterocycles. The van der Waals surface area contributed by atoms with E-state index < -0.39 is 0 Å². The molecule has 1 fully saturated rings. The summed E-state index contributed by atoms with van der Waals surface area (Å²) in [6, 6.07) is 10.3. The van der Waals surface area contributed by atoms with E-state index >= 15 is 0 Å². The van der Waals surface area contributed by atoms with Gasteiger partial charge in [0.25, 0.3) is 0 Å². The molecule has 0 bridgehead atoms. The monoisotopic (exact) mass is 333 g/mol. The zero-order chi connectivity index (χ0) is 17.4. The molecule has 5 nitrogen and oxygen atoms in total. The zero-order valence-corrected chi connectivity index (χ0v) is 14.9. The van der Waals surface area contributed by atoms with Crippen LogP contribution in [0.5, 0.6) is 0 Å². The van der Waals surface area contributed by atoms with Gasteiger partial charge in [-0.15, -0.1) is 0 Å². The molecule has 5 heteroatoms. The van der Waals surface area contributed by atoms with Gasteiger partial charge in [0.05, 0.1) is 6.10 Å². The molecule has 0 saturated carbocycles. The van der Waals surface area contributed by atoms with Crippen LogP contribution in [-0.2, 0) is 11.3 Å². The third-order valence-electron chi connectivity index (χ3n) is 4.63. The number of piperidine rings is 1. The average molecular weight is 333 g/mol. The van der Waals surface area contributed by atoms with Gasteiger partial charge in [0.1, 0.15) is 0 Å². The Kier molecular flexibility index (Phi) is 7.69. The third kappa shape index (κ3) is 6.99. The summed E-state index contributed by atoms with van der Waals surface area (Å²) in [5.74, 6) is 0.623. The first-order valence-corrected chi connectivity index (χ1v) is 8.90. The van der Waals surface area contributed by atoms with Gasteiger partial charge in [-0.25, -0.2) is 0 Å². The first-order valence-electron chi connectivity index (χ1n) is 8.90. The van der Waals surface area contributed by atoms with Gasteiger partial charge in [0.2, 0.25) is 5.91 Å². The van der Waals surface area contributed by atoms with E-state index in [9.17, 15) is 9.90 Å². The van der Waals surface area contributed by atoms with Crippen molar-refractivity contribution in [3.8, 4) is 0 Å². The number of benzene rings is 1. The van der Waals surface area contributed by atoms with Crippen LogP contribution in [0.1, 0.15) is 25.3 Å². The summed E-state index contributed by atoms with van der Waals surface area (Å²) >= 11 is 0. The number of hydrogen-bond acceptors (Lipinski definition) is 4. The van der Waals surface area contributed by atoms with Crippen molar-refractivity contribution in [1.29, 1.82) is 0 Å². The maximum atomic E-state index is 11.0. The van der Waals surface area contributed by atoms with E-state index in [1.165, 1.54) is 5.56 Å². The van der Waals surface area contributed by atoms with Crippen LogP contribution in [0.25, 0.3) is 0 Å². The number of likely N-dealkylation sites (N-methyl/N-ethyl adjacent to an activating group) is 1. The quantitative estimate of drug-likeness (QED) is 0.754. The molecule has 1 unspecified atom stereocenters. The number of aliphatic hydroxyl groups is 1. The van der Waals surface area contributed by atoms with Crippen molar-refractivity contribution in [1.82, 2.24) is 15.1 Å². The Morgan fingerprint density at radius 1 is 1.33 bits per heavy atom. The van der Waals surface area contributed by atoms with Gasteiger partial charge in [-0.3, -0.25) is 9.69 Å².